The summed E-state index contributed by atoms with van der Waals surface area (Å²) in [5.41, 5.74) is -4.45. The molecule has 0 bridgehead atoms. The van der Waals surface area contributed by atoms with E-state index in [1.165, 1.54) is 0 Å². The largest absolute Gasteiger partial charge is 0.481 e. The average Bonchev–Trinajstić information content (AvgIpc) is 2.12. The van der Waals surface area contributed by atoms with Crippen LogP contribution in [0.3, 0.4) is 0 Å². The second-order valence-electron chi connectivity index (χ2n) is 3.22. The molecule has 0 spiro atoms. The number of rotatable bonds is 3. The zero-order valence-corrected chi connectivity index (χ0v) is 8.43. The molecule has 3 nitrogen and oxygen atoms in total. The van der Waals surface area contributed by atoms with E-state index in [-0.39, 0.29) is 6.07 Å². The highest BCUT2D eigenvalue weighted by Crippen LogP contribution is 2.35. The predicted octanol–water partition coefficient (Wildman–Crippen LogP) is 2.80. The summed E-state index contributed by atoms with van der Waals surface area (Å²) in [6, 6.07) is -0.0567. The van der Waals surface area contributed by atoms with Crippen LogP contribution in [0.4, 0.5) is 26.3 Å². The average molecular weight is 273 g/mol. The second kappa shape index (κ2) is 4.83. The van der Waals surface area contributed by atoms with E-state index < -0.39 is 47.8 Å². The molecule has 1 aromatic heterocycles. The molecule has 1 aromatic rings. The molecule has 0 fully saturated rings. The van der Waals surface area contributed by atoms with Crippen molar-refractivity contribution in [1.29, 1.82) is 0 Å². The SMILES string of the molecule is O=C(O)Cc1nc(C(F)F)cc(F)c1C(F)(F)F. The van der Waals surface area contributed by atoms with Gasteiger partial charge in [0.2, 0.25) is 0 Å². The van der Waals surface area contributed by atoms with Gasteiger partial charge in [-0.25, -0.2) is 13.2 Å². The minimum Gasteiger partial charge on any atom is -0.481 e. The Morgan fingerprint density at radius 2 is 1.94 bits per heavy atom. The predicted molar refractivity (Wildman–Crippen MR) is 45.5 cm³/mol. The van der Waals surface area contributed by atoms with Crippen LogP contribution in [0.15, 0.2) is 6.07 Å². The molecule has 0 amide bonds. The summed E-state index contributed by atoms with van der Waals surface area (Å²) in [6.45, 7) is 0. The topological polar surface area (TPSA) is 50.2 Å². The van der Waals surface area contributed by atoms with Crippen molar-refractivity contribution < 1.29 is 36.2 Å². The molecule has 18 heavy (non-hydrogen) atoms. The van der Waals surface area contributed by atoms with Crippen LogP contribution in [0.2, 0.25) is 0 Å². The Bertz CT molecular complexity index is 471. The highest BCUT2D eigenvalue weighted by Gasteiger charge is 2.39. The fourth-order valence-corrected chi connectivity index (χ4v) is 1.27. The fraction of sp³-hybridized carbons (Fsp3) is 0.333. The summed E-state index contributed by atoms with van der Waals surface area (Å²) in [5, 5.41) is 8.36. The van der Waals surface area contributed by atoms with Gasteiger partial charge in [0.05, 0.1) is 12.1 Å². The summed E-state index contributed by atoms with van der Waals surface area (Å²) in [6.07, 6.45) is -9.80. The molecule has 100 valence electrons. The monoisotopic (exact) mass is 273 g/mol. The van der Waals surface area contributed by atoms with E-state index >= 15 is 0 Å². The Hall–Kier alpha value is -1.80. The minimum absolute atomic E-state index is 0.0567. The molecule has 0 saturated carbocycles. The van der Waals surface area contributed by atoms with Gasteiger partial charge in [0.15, 0.2) is 0 Å². The number of halogens is 6. The van der Waals surface area contributed by atoms with Crippen molar-refractivity contribution in [2.75, 3.05) is 0 Å². The molecule has 1 N–H and O–H groups in total. The van der Waals surface area contributed by atoms with Gasteiger partial charge in [0, 0.05) is 6.07 Å². The smallest absolute Gasteiger partial charge is 0.421 e. The van der Waals surface area contributed by atoms with E-state index in [2.05, 4.69) is 4.98 Å². The van der Waals surface area contributed by atoms with Gasteiger partial charge in [-0.2, -0.15) is 13.2 Å². The Kier molecular flexibility index (Phi) is 3.82. The van der Waals surface area contributed by atoms with Crippen LogP contribution in [0.25, 0.3) is 0 Å². The van der Waals surface area contributed by atoms with Crippen LogP contribution >= 0.6 is 0 Å². The molecular weight excluding hydrogens is 268 g/mol. The van der Waals surface area contributed by atoms with E-state index in [1.807, 2.05) is 0 Å². The van der Waals surface area contributed by atoms with Crippen molar-refractivity contribution in [3.8, 4) is 0 Å². The molecule has 0 unspecified atom stereocenters. The van der Waals surface area contributed by atoms with Crippen LogP contribution < -0.4 is 0 Å². The number of carboxylic acids is 1. The number of aromatic nitrogens is 1. The van der Waals surface area contributed by atoms with E-state index in [1.54, 1.807) is 0 Å². The Labute approximate surface area is 96.1 Å². The molecule has 0 saturated heterocycles. The number of aliphatic carboxylic acids is 1. The molecule has 0 aliphatic carbocycles. The van der Waals surface area contributed by atoms with E-state index in [0.29, 0.717) is 0 Å². The van der Waals surface area contributed by atoms with Gasteiger partial charge in [-0.05, 0) is 0 Å². The first-order valence-electron chi connectivity index (χ1n) is 4.39. The van der Waals surface area contributed by atoms with Gasteiger partial charge in [-0.15, -0.1) is 0 Å². The van der Waals surface area contributed by atoms with Gasteiger partial charge < -0.3 is 5.11 Å². The Balaban J connectivity index is 3.44. The van der Waals surface area contributed by atoms with Gasteiger partial charge in [0.25, 0.3) is 6.43 Å². The van der Waals surface area contributed by atoms with Crippen LogP contribution in [0, 0.1) is 5.82 Å². The van der Waals surface area contributed by atoms with Crippen LogP contribution in [-0.2, 0) is 17.4 Å². The number of pyridine rings is 1. The first-order valence-corrected chi connectivity index (χ1v) is 4.39. The summed E-state index contributed by atoms with van der Waals surface area (Å²) in [7, 11) is 0. The zero-order chi connectivity index (χ0) is 14.1. The summed E-state index contributed by atoms with van der Waals surface area (Å²) >= 11 is 0. The van der Waals surface area contributed by atoms with Crippen molar-refractivity contribution >= 4 is 5.97 Å². The van der Waals surface area contributed by atoms with E-state index in [4.69, 9.17) is 5.11 Å². The number of carboxylic acid groups (broad SMARTS) is 1. The molecule has 9 heteroatoms. The summed E-state index contributed by atoms with van der Waals surface area (Å²) in [5.74, 6) is -3.71. The third-order valence-electron chi connectivity index (χ3n) is 1.89. The number of alkyl halides is 5. The maximum absolute atomic E-state index is 13.1. The van der Waals surface area contributed by atoms with Crippen molar-refractivity contribution in [3.05, 3.63) is 28.8 Å². The lowest BCUT2D eigenvalue weighted by Crippen LogP contribution is -2.17. The van der Waals surface area contributed by atoms with E-state index in [0.717, 1.165) is 0 Å². The molecule has 0 aliphatic rings. The maximum Gasteiger partial charge on any atom is 0.421 e. The van der Waals surface area contributed by atoms with Gasteiger partial charge in [0.1, 0.15) is 17.1 Å². The lowest BCUT2D eigenvalue weighted by atomic mass is 10.1. The van der Waals surface area contributed by atoms with Crippen molar-refractivity contribution in [2.24, 2.45) is 0 Å². The molecule has 0 aliphatic heterocycles. The van der Waals surface area contributed by atoms with Gasteiger partial charge in [-0.1, -0.05) is 0 Å². The number of hydrogen-bond donors (Lipinski definition) is 1. The molecule has 1 rings (SSSR count). The first-order chi connectivity index (χ1) is 8.12. The number of carbonyl (C=O) groups is 1. The van der Waals surface area contributed by atoms with Crippen molar-refractivity contribution in [3.63, 3.8) is 0 Å². The summed E-state index contributed by atoms with van der Waals surface area (Å²) in [4.78, 5) is 13.2. The maximum atomic E-state index is 13.1. The van der Waals surface area contributed by atoms with Crippen LogP contribution in [0.5, 0.6) is 0 Å². The minimum atomic E-state index is -5.21. The first kappa shape index (κ1) is 14.3. The van der Waals surface area contributed by atoms with Crippen LogP contribution in [0.1, 0.15) is 23.4 Å². The summed E-state index contributed by atoms with van der Waals surface area (Å²) < 4.78 is 74.9. The zero-order valence-electron chi connectivity index (χ0n) is 8.43. The third-order valence-corrected chi connectivity index (χ3v) is 1.89. The Morgan fingerprint density at radius 1 is 1.39 bits per heavy atom. The van der Waals surface area contributed by atoms with E-state index in [9.17, 15) is 31.1 Å². The second-order valence-corrected chi connectivity index (χ2v) is 3.22. The number of nitrogens with zero attached hydrogens (tertiary/aromatic N) is 1. The highest BCUT2D eigenvalue weighted by atomic mass is 19.4. The molecule has 0 atom stereocenters. The molecular formula is C9H5F6NO2. The molecule has 0 radical (unpaired) electrons. The molecule has 0 aromatic carbocycles. The number of hydrogen-bond acceptors (Lipinski definition) is 2. The normalized spacial score (nSPS) is 11.9. The molecule has 1 heterocycles. The van der Waals surface area contributed by atoms with Crippen molar-refractivity contribution in [2.45, 2.75) is 19.0 Å². The van der Waals surface area contributed by atoms with Gasteiger partial charge >= 0.3 is 12.1 Å². The van der Waals surface area contributed by atoms with Crippen molar-refractivity contribution in [1.82, 2.24) is 4.98 Å². The quantitative estimate of drug-likeness (QED) is 0.861. The standard InChI is InChI=1S/C9H5F6NO2/c10-3-1-5(8(11)12)16-4(2-6(17)18)7(3)9(13,14)15/h1,8H,2H2,(H,17,18). The van der Waals surface area contributed by atoms with Gasteiger partial charge in [-0.3, -0.25) is 9.78 Å². The van der Waals surface area contributed by atoms with Crippen LogP contribution in [-0.4, -0.2) is 16.1 Å². The lowest BCUT2D eigenvalue weighted by Gasteiger charge is -2.13. The lowest BCUT2D eigenvalue weighted by molar-refractivity contribution is -0.142. The highest BCUT2D eigenvalue weighted by molar-refractivity contribution is 5.70. The third kappa shape index (κ3) is 3.11. The Morgan fingerprint density at radius 3 is 2.33 bits per heavy atom. The fourth-order valence-electron chi connectivity index (χ4n) is 1.27.